The lowest BCUT2D eigenvalue weighted by Crippen LogP contribution is -2.08. The molecule has 0 spiro atoms. The minimum absolute atomic E-state index is 0.0554. The van der Waals surface area contributed by atoms with Gasteiger partial charge >= 0.3 is 5.63 Å². The van der Waals surface area contributed by atoms with Crippen molar-refractivity contribution in [2.45, 2.75) is 6.92 Å². The van der Waals surface area contributed by atoms with E-state index in [1.807, 2.05) is 0 Å². The predicted molar refractivity (Wildman–Crippen MR) is 69.0 cm³/mol. The molecule has 0 bridgehead atoms. The fourth-order valence-electron chi connectivity index (χ4n) is 1.42. The number of halogens is 1. The summed E-state index contributed by atoms with van der Waals surface area (Å²) in [5, 5.41) is 13.4. The first-order chi connectivity index (χ1) is 9.06. The molecule has 6 heteroatoms. The lowest BCUT2D eigenvalue weighted by Gasteiger charge is -2.00. The number of hydrogen-bond acceptors (Lipinski definition) is 5. The molecule has 2 aromatic rings. The van der Waals surface area contributed by atoms with Crippen molar-refractivity contribution in [1.29, 1.82) is 0 Å². The highest BCUT2D eigenvalue weighted by Crippen LogP contribution is 2.12. The molecule has 1 aromatic carbocycles. The molecule has 2 N–H and O–H groups in total. The van der Waals surface area contributed by atoms with E-state index in [0.29, 0.717) is 11.4 Å². The Bertz CT molecular complexity index is 663. The van der Waals surface area contributed by atoms with Gasteiger partial charge in [0.25, 0.3) is 0 Å². The average molecular weight is 262 g/mol. The van der Waals surface area contributed by atoms with E-state index < -0.39 is 5.63 Å². The quantitative estimate of drug-likeness (QED) is 0.657. The zero-order valence-corrected chi connectivity index (χ0v) is 10.1. The number of aromatic hydroxyl groups is 1. The molecule has 2 rings (SSSR count). The van der Waals surface area contributed by atoms with Crippen LogP contribution < -0.4 is 11.1 Å². The van der Waals surface area contributed by atoms with Crippen LogP contribution in [0, 0.1) is 12.7 Å². The second-order valence-corrected chi connectivity index (χ2v) is 3.82. The molecule has 1 aromatic heterocycles. The summed E-state index contributed by atoms with van der Waals surface area (Å²) >= 11 is 0. The highest BCUT2D eigenvalue weighted by Gasteiger charge is 2.06. The van der Waals surface area contributed by atoms with Gasteiger partial charge in [0, 0.05) is 6.07 Å². The molecule has 0 amide bonds. The van der Waals surface area contributed by atoms with Crippen LogP contribution in [0.1, 0.15) is 11.3 Å². The van der Waals surface area contributed by atoms with Crippen molar-refractivity contribution in [2.75, 3.05) is 5.43 Å². The van der Waals surface area contributed by atoms with Gasteiger partial charge in [-0.05, 0) is 31.2 Å². The van der Waals surface area contributed by atoms with Gasteiger partial charge in [0.15, 0.2) is 0 Å². The van der Waals surface area contributed by atoms with Crippen LogP contribution in [0.4, 0.5) is 10.1 Å². The first-order valence-electron chi connectivity index (χ1n) is 5.44. The molecule has 0 saturated carbocycles. The minimum Gasteiger partial charge on any atom is -0.507 e. The van der Waals surface area contributed by atoms with Gasteiger partial charge in [0.1, 0.15) is 22.9 Å². The summed E-state index contributed by atoms with van der Waals surface area (Å²) < 4.78 is 17.5. The molecular formula is C13H11FN2O3. The van der Waals surface area contributed by atoms with Gasteiger partial charge < -0.3 is 9.52 Å². The Balaban J connectivity index is 2.15. The number of benzene rings is 1. The Hall–Kier alpha value is -2.63. The van der Waals surface area contributed by atoms with Gasteiger partial charge in [-0.3, -0.25) is 5.43 Å². The van der Waals surface area contributed by atoms with E-state index in [-0.39, 0.29) is 17.1 Å². The SMILES string of the molecule is Cc1cc(O)c(C=NNc2ccc(F)cc2)c(=O)o1. The zero-order valence-electron chi connectivity index (χ0n) is 10.1. The lowest BCUT2D eigenvalue weighted by atomic mass is 10.2. The van der Waals surface area contributed by atoms with E-state index in [9.17, 15) is 14.3 Å². The van der Waals surface area contributed by atoms with Gasteiger partial charge in [-0.15, -0.1) is 0 Å². The summed E-state index contributed by atoms with van der Waals surface area (Å²) in [4.78, 5) is 11.5. The number of anilines is 1. The topological polar surface area (TPSA) is 74.8 Å². The molecule has 0 fully saturated rings. The van der Waals surface area contributed by atoms with Crippen molar-refractivity contribution in [3.8, 4) is 5.75 Å². The Kier molecular flexibility index (Phi) is 3.61. The van der Waals surface area contributed by atoms with Gasteiger partial charge in [0.2, 0.25) is 0 Å². The molecule has 0 radical (unpaired) electrons. The number of nitrogens with one attached hydrogen (secondary N) is 1. The van der Waals surface area contributed by atoms with Crippen molar-refractivity contribution < 1.29 is 13.9 Å². The van der Waals surface area contributed by atoms with Crippen molar-refractivity contribution in [3.05, 3.63) is 57.9 Å². The smallest absolute Gasteiger partial charge is 0.348 e. The van der Waals surface area contributed by atoms with Gasteiger partial charge in [-0.1, -0.05) is 0 Å². The maximum absolute atomic E-state index is 12.7. The summed E-state index contributed by atoms with van der Waals surface area (Å²) in [5.74, 6) is -0.254. The van der Waals surface area contributed by atoms with Crippen LogP contribution >= 0.6 is 0 Å². The molecule has 98 valence electrons. The summed E-state index contributed by atoms with van der Waals surface area (Å²) in [6.07, 6.45) is 1.14. The molecule has 1 heterocycles. The van der Waals surface area contributed by atoms with E-state index in [0.717, 1.165) is 6.21 Å². The van der Waals surface area contributed by atoms with Gasteiger partial charge in [-0.2, -0.15) is 5.10 Å². The van der Waals surface area contributed by atoms with Gasteiger partial charge in [-0.25, -0.2) is 9.18 Å². The normalized spacial score (nSPS) is 10.8. The molecule has 0 atom stereocenters. The van der Waals surface area contributed by atoms with Crippen LogP contribution in [0.5, 0.6) is 5.75 Å². The van der Waals surface area contributed by atoms with Crippen molar-refractivity contribution in [1.82, 2.24) is 0 Å². The Morgan fingerprint density at radius 2 is 2.05 bits per heavy atom. The fourth-order valence-corrected chi connectivity index (χ4v) is 1.42. The van der Waals surface area contributed by atoms with Crippen molar-refractivity contribution in [3.63, 3.8) is 0 Å². The molecule has 0 saturated heterocycles. The second kappa shape index (κ2) is 5.34. The number of hydrogen-bond donors (Lipinski definition) is 2. The van der Waals surface area contributed by atoms with Crippen molar-refractivity contribution >= 4 is 11.9 Å². The minimum atomic E-state index is -0.679. The second-order valence-electron chi connectivity index (χ2n) is 3.82. The number of rotatable bonds is 3. The van der Waals surface area contributed by atoms with E-state index in [4.69, 9.17) is 4.42 Å². The van der Waals surface area contributed by atoms with Crippen LogP contribution in [0.3, 0.4) is 0 Å². The third-order valence-corrected chi connectivity index (χ3v) is 2.32. The molecule has 0 aliphatic carbocycles. The largest absolute Gasteiger partial charge is 0.507 e. The molecule has 19 heavy (non-hydrogen) atoms. The Labute approximate surface area is 108 Å². The lowest BCUT2D eigenvalue weighted by molar-refractivity contribution is 0.433. The number of hydrazone groups is 1. The summed E-state index contributed by atoms with van der Waals surface area (Å²) in [5.41, 5.74) is 2.42. The highest BCUT2D eigenvalue weighted by atomic mass is 19.1. The van der Waals surface area contributed by atoms with E-state index >= 15 is 0 Å². The highest BCUT2D eigenvalue weighted by molar-refractivity contribution is 5.83. The van der Waals surface area contributed by atoms with Gasteiger partial charge in [0.05, 0.1) is 11.9 Å². The van der Waals surface area contributed by atoms with Crippen LogP contribution in [0.25, 0.3) is 0 Å². The molecule has 0 aliphatic rings. The monoisotopic (exact) mass is 262 g/mol. The summed E-state index contributed by atoms with van der Waals surface area (Å²) in [6, 6.07) is 6.85. The Morgan fingerprint density at radius 3 is 2.68 bits per heavy atom. The maximum atomic E-state index is 12.7. The maximum Gasteiger partial charge on any atom is 0.348 e. The average Bonchev–Trinajstić information content (AvgIpc) is 2.34. The summed E-state index contributed by atoms with van der Waals surface area (Å²) in [6.45, 7) is 1.55. The van der Waals surface area contributed by atoms with Crippen LogP contribution in [0.2, 0.25) is 0 Å². The molecule has 0 unspecified atom stereocenters. The molecular weight excluding hydrogens is 251 g/mol. The standard InChI is InChI=1S/C13H11FN2O3/c1-8-6-12(17)11(13(18)19-8)7-15-16-10-4-2-9(14)3-5-10/h2-7,16-17H,1H3. The van der Waals surface area contributed by atoms with Crippen LogP contribution in [-0.4, -0.2) is 11.3 Å². The first kappa shape index (κ1) is 12.8. The predicted octanol–water partition coefficient (Wildman–Crippen LogP) is 2.24. The molecule has 5 nitrogen and oxygen atoms in total. The molecule has 0 aliphatic heterocycles. The first-order valence-corrected chi connectivity index (χ1v) is 5.44. The third kappa shape index (κ3) is 3.19. The zero-order chi connectivity index (χ0) is 13.8. The summed E-state index contributed by atoms with van der Waals surface area (Å²) in [7, 11) is 0. The van der Waals surface area contributed by atoms with E-state index in [2.05, 4.69) is 10.5 Å². The van der Waals surface area contributed by atoms with Crippen molar-refractivity contribution in [2.24, 2.45) is 5.10 Å². The number of aryl methyl sites for hydroxylation is 1. The Morgan fingerprint density at radius 1 is 1.37 bits per heavy atom. The van der Waals surface area contributed by atoms with E-state index in [1.165, 1.54) is 30.3 Å². The van der Waals surface area contributed by atoms with Crippen LogP contribution in [0.15, 0.2) is 44.6 Å². The fraction of sp³-hybridized carbons (Fsp3) is 0.0769. The van der Waals surface area contributed by atoms with E-state index in [1.54, 1.807) is 6.92 Å². The third-order valence-electron chi connectivity index (χ3n) is 2.32. The number of nitrogens with zero attached hydrogens (tertiary/aromatic N) is 1. The van der Waals surface area contributed by atoms with Crippen LogP contribution in [-0.2, 0) is 0 Å².